The summed E-state index contributed by atoms with van der Waals surface area (Å²) in [7, 11) is 0. The van der Waals surface area contributed by atoms with Crippen molar-refractivity contribution in [3.05, 3.63) is 47.2 Å². The third-order valence-electron chi connectivity index (χ3n) is 1.34. The van der Waals surface area contributed by atoms with Crippen LogP contribution in [0.25, 0.3) is 0 Å². The van der Waals surface area contributed by atoms with Crippen molar-refractivity contribution >= 4 is 11.8 Å². The molecule has 1 N–H and O–H groups in total. The van der Waals surface area contributed by atoms with Crippen LogP contribution in [0.4, 0.5) is 0 Å². The van der Waals surface area contributed by atoms with Gasteiger partial charge in [0.2, 0.25) is 0 Å². The van der Waals surface area contributed by atoms with Gasteiger partial charge in [0.25, 0.3) is 0 Å². The largest absolute Gasteiger partial charge is 0.467 e. The lowest BCUT2D eigenvalue weighted by molar-refractivity contribution is 0.499. The summed E-state index contributed by atoms with van der Waals surface area (Å²) in [6, 6.07) is 3.79. The summed E-state index contributed by atoms with van der Waals surface area (Å²) in [6.45, 7) is 10.2. The number of furan rings is 1. The fourth-order valence-electron chi connectivity index (χ4n) is 0.845. The Morgan fingerprint density at radius 2 is 2.38 bits per heavy atom. The normalized spacial score (nSPS) is 9.62. The Balaban J connectivity index is 2.27. The van der Waals surface area contributed by atoms with E-state index in [2.05, 4.69) is 18.5 Å². The summed E-state index contributed by atoms with van der Waals surface area (Å²) >= 11 is 1.53. The molecule has 0 saturated heterocycles. The number of hydrogen-bond acceptors (Lipinski definition) is 3. The van der Waals surface area contributed by atoms with Gasteiger partial charge in [0.05, 0.1) is 17.8 Å². The molecule has 3 heteroatoms. The van der Waals surface area contributed by atoms with Crippen LogP contribution in [0, 0.1) is 0 Å². The van der Waals surface area contributed by atoms with E-state index >= 15 is 0 Å². The molecule has 70 valence electrons. The van der Waals surface area contributed by atoms with E-state index in [-0.39, 0.29) is 0 Å². The zero-order valence-electron chi connectivity index (χ0n) is 7.67. The summed E-state index contributed by atoms with van der Waals surface area (Å²) in [5.74, 6) is 0.906. The molecule has 0 amide bonds. The van der Waals surface area contributed by atoms with Crippen LogP contribution >= 0.6 is 11.8 Å². The number of rotatable bonds is 5. The maximum Gasteiger partial charge on any atom is 0.122 e. The van der Waals surface area contributed by atoms with Crippen LogP contribution in [0.15, 0.2) is 45.9 Å². The van der Waals surface area contributed by atoms with E-state index < -0.39 is 0 Å². The smallest absolute Gasteiger partial charge is 0.122 e. The summed E-state index contributed by atoms with van der Waals surface area (Å²) in [6.07, 6.45) is 1.66. The van der Waals surface area contributed by atoms with Crippen molar-refractivity contribution in [1.82, 2.24) is 5.32 Å². The van der Waals surface area contributed by atoms with Crippen molar-refractivity contribution in [2.75, 3.05) is 0 Å². The topological polar surface area (TPSA) is 25.2 Å². The van der Waals surface area contributed by atoms with Gasteiger partial charge in [-0.3, -0.25) is 0 Å². The molecule has 0 atom stereocenters. The van der Waals surface area contributed by atoms with Crippen LogP contribution < -0.4 is 5.32 Å². The maximum absolute atomic E-state index is 5.15. The first-order valence-corrected chi connectivity index (χ1v) is 4.78. The highest BCUT2D eigenvalue weighted by molar-refractivity contribution is 8.06. The first kappa shape index (κ1) is 9.99. The van der Waals surface area contributed by atoms with Gasteiger partial charge in [-0.05, 0) is 24.0 Å². The fraction of sp³-hybridized carbons (Fsp3) is 0.200. The van der Waals surface area contributed by atoms with Crippen LogP contribution in [0.3, 0.4) is 0 Å². The van der Waals surface area contributed by atoms with Gasteiger partial charge in [-0.15, -0.1) is 0 Å². The zero-order chi connectivity index (χ0) is 9.68. The van der Waals surface area contributed by atoms with Crippen LogP contribution in [-0.2, 0) is 6.54 Å². The molecule has 0 aromatic carbocycles. The molecule has 13 heavy (non-hydrogen) atoms. The van der Waals surface area contributed by atoms with E-state index in [9.17, 15) is 0 Å². The number of thioether (sulfide) groups is 1. The minimum atomic E-state index is 0.673. The van der Waals surface area contributed by atoms with Crippen molar-refractivity contribution in [1.29, 1.82) is 0 Å². The van der Waals surface area contributed by atoms with E-state index in [0.29, 0.717) is 6.54 Å². The number of hydrogen-bond donors (Lipinski definition) is 1. The summed E-state index contributed by atoms with van der Waals surface area (Å²) in [5.41, 5.74) is 0. The Labute approximate surface area is 82.7 Å². The molecule has 1 rings (SSSR count). The average molecular weight is 195 g/mol. The van der Waals surface area contributed by atoms with Crippen LogP contribution in [0.5, 0.6) is 0 Å². The van der Waals surface area contributed by atoms with Crippen molar-refractivity contribution in [3.8, 4) is 0 Å². The van der Waals surface area contributed by atoms with Crippen molar-refractivity contribution < 1.29 is 4.42 Å². The summed E-state index contributed by atoms with van der Waals surface area (Å²) in [5, 5.41) is 4.02. The highest BCUT2D eigenvalue weighted by Gasteiger charge is 1.97. The summed E-state index contributed by atoms with van der Waals surface area (Å²) in [4.78, 5) is 1.02. The highest BCUT2D eigenvalue weighted by Crippen LogP contribution is 2.19. The number of allylic oxidation sites excluding steroid dienone is 1. The Kier molecular flexibility index (Phi) is 3.71. The molecule has 0 aliphatic rings. The van der Waals surface area contributed by atoms with Gasteiger partial charge in [-0.25, -0.2) is 0 Å². The predicted molar refractivity (Wildman–Crippen MR) is 57.1 cm³/mol. The maximum atomic E-state index is 5.15. The quantitative estimate of drug-likeness (QED) is 0.781. The van der Waals surface area contributed by atoms with Crippen LogP contribution in [0.2, 0.25) is 0 Å². The predicted octanol–water partition coefficient (Wildman–Crippen LogP) is 3.11. The Hall–Kier alpha value is -1.09. The van der Waals surface area contributed by atoms with E-state index in [4.69, 9.17) is 4.42 Å². The van der Waals surface area contributed by atoms with Crippen molar-refractivity contribution in [2.24, 2.45) is 0 Å². The van der Waals surface area contributed by atoms with Crippen molar-refractivity contribution in [3.63, 3.8) is 0 Å². The molecule has 0 aliphatic heterocycles. The van der Waals surface area contributed by atoms with E-state index in [1.165, 1.54) is 11.8 Å². The van der Waals surface area contributed by atoms with Crippen molar-refractivity contribution in [2.45, 2.75) is 13.5 Å². The molecular formula is C10H13NOS. The molecule has 0 fully saturated rings. The van der Waals surface area contributed by atoms with Gasteiger partial charge in [0.15, 0.2) is 0 Å². The van der Waals surface area contributed by atoms with E-state index in [0.717, 1.165) is 15.7 Å². The molecule has 0 spiro atoms. The third-order valence-corrected chi connectivity index (χ3v) is 2.08. The zero-order valence-corrected chi connectivity index (χ0v) is 8.49. The van der Waals surface area contributed by atoms with Gasteiger partial charge < -0.3 is 9.73 Å². The highest BCUT2D eigenvalue weighted by atomic mass is 32.2. The van der Waals surface area contributed by atoms with Gasteiger partial charge >= 0.3 is 0 Å². The van der Waals surface area contributed by atoms with Gasteiger partial charge in [-0.1, -0.05) is 24.9 Å². The van der Waals surface area contributed by atoms with E-state index in [1.807, 2.05) is 19.1 Å². The van der Waals surface area contributed by atoms with Gasteiger partial charge in [0.1, 0.15) is 5.76 Å². The lowest BCUT2D eigenvalue weighted by Crippen LogP contribution is -2.08. The molecule has 2 nitrogen and oxygen atoms in total. The van der Waals surface area contributed by atoms with Gasteiger partial charge in [0, 0.05) is 0 Å². The van der Waals surface area contributed by atoms with Gasteiger partial charge in [-0.2, -0.15) is 0 Å². The average Bonchev–Trinajstić information content (AvgIpc) is 2.51. The first-order chi connectivity index (χ1) is 6.18. The first-order valence-electron chi connectivity index (χ1n) is 3.97. The Morgan fingerprint density at radius 1 is 1.62 bits per heavy atom. The van der Waals surface area contributed by atoms with Crippen LogP contribution in [0.1, 0.15) is 12.7 Å². The van der Waals surface area contributed by atoms with E-state index in [1.54, 1.807) is 6.26 Å². The molecule has 0 radical (unpaired) electrons. The second kappa shape index (κ2) is 4.82. The van der Waals surface area contributed by atoms with Crippen LogP contribution in [-0.4, -0.2) is 0 Å². The second-order valence-corrected chi connectivity index (χ2v) is 4.05. The minimum absolute atomic E-state index is 0.673. The SMILES string of the molecule is C=C(C)SC(=C)NCc1ccco1. The standard InChI is InChI=1S/C10H13NOS/c1-8(2)13-9(3)11-7-10-5-4-6-12-10/h4-6,11H,1,3,7H2,2H3. The molecule has 1 heterocycles. The number of nitrogens with one attached hydrogen (secondary N) is 1. The molecular weight excluding hydrogens is 182 g/mol. The molecule has 0 bridgehead atoms. The molecule has 0 saturated carbocycles. The third kappa shape index (κ3) is 3.90. The molecule has 0 unspecified atom stereocenters. The fourth-order valence-corrected chi connectivity index (χ4v) is 1.41. The second-order valence-electron chi connectivity index (χ2n) is 2.66. The monoisotopic (exact) mass is 195 g/mol. The lowest BCUT2D eigenvalue weighted by atomic mass is 10.4. The molecule has 1 aromatic heterocycles. The summed E-state index contributed by atoms with van der Waals surface area (Å²) < 4.78 is 5.15. The lowest BCUT2D eigenvalue weighted by Gasteiger charge is -2.06. The minimum Gasteiger partial charge on any atom is -0.467 e. The molecule has 1 aromatic rings. The Morgan fingerprint density at radius 3 is 2.92 bits per heavy atom. The Bertz CT molecular complexity index is 290. The molecule has 0 aliphatic carbocycles.